The first-order valence-electron chi connectivity index (χ1n) is 10.9. The van der Waals surface area contributed by atoms with E-state index in [2.05, 4.69) is 21.0 Å². The number of amides is 2. The minimum absolute atomic E-state index is 0.495. The van der Waals surface area contributed by atoms with Crippen LogP contribution >= 0.6 is 11.6 Å². The molecule has 1 aliphatic heterocycles. The van der Waals surface area contributed by atoms with Crippen molar-refractivity contribution in [3.05, 3.63) is 53.7 Å². The van der Waals surface area contributed by atoms with Gasteiger partial charge in [-0.2, -0.15) is 0 Å². The second-order valence-corrected chi connectivity index (χ2v) is 8.35. The summed E-state index contributed by atoms with van der Waals surface area (Å²) in [6.45, 7) is 5.48. The number of hydrogen-bond donors (Lipinski definition) is 1. The molecule has 3 heterocycles. The molecule has 8 nitrogen and oxygen atoms in total. The van der Waals surface area contributed by atoms with Gasteiger partial charge in [-0.25, -0.2) is 9.31 Å². The molecule has 2 N–H and O–H groups in total. The van der Waals surface area contributed by atoms with Crippen molar-refractivity contribution in [2.75, 3.05) is 56.2 Å². The molecule has 3 aromatic rings. The summed E-state index contributed by atoms with van der Waals surface area (Å²) in [7, 11) is 1.71. The Morgan fingerprint density at radius 3 is 2.69 bits per heavy atom. The summed E-state index contributed by atoms with van der Waals surface area (Å²) in [5.74, 6) is 1.46. The lowest BCUT2D eigenvalue weighted by atomic mass is 10.2. The molecule has 4 rings (SSSR count). The number of unbranched alkanes of at least 4 members (excludes halogenated alkanes) is 1. The number of piperazine rings is 1. The van der Waals surface area contributed by atoms with Crippen LogP contribution in [-0.2, 0) is 0 Å². The molecule has 0 aliphatic carbocycles. The van der Waals surface area contributed by atoms with Gasteiger partial charge in [0, 0.05) is 45.0 Å². The maximum absolute atomic E-state index is 12.0. The third-order valence-electron chi connectivity index (χ3n) is 5.86. The van der Waals surface area contributed by atoms with Crippen molar-refractivity contribution in [2.24, 2.45) is 5.73 Å². The molecule has 1 aromatic carbocycles. The van der Waals surface area contributed by atoms with E-state index in [1.165, 1.54) is 4.90 Å². The van der Waals surface area contributed by atoms with E-state index in [9.17, 15) is 4.79 Å². The number of fused-ring (bicyclic) bond motifs is 1. The number of para-hydroxylation sites is 2. The first kappa shape index (κ1) is 22.2. The van der Waals surface area contributed by atoms with Gasteiger partial charge in [-0.3, -0.25) is 9.80 Å². The summed E-state index contributed by atoms with van der Waals surface area (Å²) in [6.07, 6.45) is 3.55. The van der Waals surface area contributed by atoms with Crippen LogP contribution in [0.5, 0.6) is 5.75 Å². The van der Waals surface area contributed by atoms with Crippen LogP contribution < -0.4 is 20.3 Å². The number of carbonyl (C=O) groups excluding carboxylic acids is 1. The summed E-state index contributed by atoms with van der Waals surface area (Å²) in [5, 5.41) is 5.03. The topological polar surface area (TPSA) is 79.3 Å². The van der Waals surface area contributed by atoms with Gasteiger partial charge in [0.25, 0.3) is 0 Å². The number of halogens is 1. The molecule has 0 atom stereocenters. The molecule has 1 aliphatic rings. The number of nitrogens with zero attached hydrogens (tertiary/aromatic N) is 5. The summed E-state index contributed by atoms with van der Waals surface area (Å²) < 4.78 is 7.16. The van der Waals surface area contributed by atoms with Crippen molar-refractivity contribution in [2.45, 2.75) is 12.8 Å². The number of primary amides is 1. The van der Waals surface area contributed by atoms with E-state index in [4.69, 9.17) is 22.1 Å². The average Bonchev–Trinajstić information content (AvgIpc) is 3.21. The quantitative estimate of drug-likeness (QED) is 0.525. The molecule has 0 radical (unpaired) electrons. The first-order chi connectivity index (χ1) is 15.5. The molecule has 2 aromatic heterocycles. The van der Waals surface area contributed by atoms with Gasteiger partial charge in [-0.15, -0.1) is 5.10 Å². The van der Waals surface area contributed by atoms with Gasteiger partial charge < -0.3 is 15.4 Å². The third-order valence-corrected chi connectivity index (χ3v) is 6.08. The number of anilines is 2. The Morgan fingerprint density at radius 2 is 1.94 bits per heavy atom. The van der Waals surface area contributed by atoms with E-state index in [0.29, 0.717) is 17.4 Å². The van der Waals surface area contributed by atoms with E-state index in [1.807, 2.05) is 30.3 Å². The fraction of sp³-hybridized carbons (Fsp3) is 0.391. The van der Waals surface area contributed by atoms with Crippen LogP contribution in [0.15, 0.2) is 48.7 Å². The number of rotatable bonds is 8. The maximum atomic E-state index is 12.0. The van der Waals surface area contributed by atoms with Crippen LogP contribution in [0.2, 0.25) is 5.02 Å². The number of benzene rings is 1. The van der Waals surface area contributed by atoms with Crippen molar-refractivity contribution >= 4 is 34.7 Å². The summed E-state index contributed by atoms with van der Waals surface area (Å²) >= 11 is 6.03. The average molecular weight is 457 g/mol. The monoisotopic (exact) mass is 456 g/mol. The van der Waals surface area contributed by atoms with Crippen molar-refractivity contribution in [3.63, 3.8) is 0 Å². The molecular weight excluding hydrogens is 428 g/mol. The predicted octanol–water partition coefficient (Wildman–Crippen LogP) is 3.48. The highest BCUT2D eigenvalue weighted by Gasteiger charge is 2.20. The third kappa shape index (κ3) is 5.08. The van der Waals surface area contributed by atoms with Gasteiger partial charge in [-0.05, 0) is 43.7 Å². The normalized spacial score (nSPS) is 14.6. The van der Waals surface area contributed by atoms with E-state index >= 15 is 0 Å². The number of pyridine rings is 1. The van der Waals surface area contributed by atoms with Gasteiger partial charge >= 0.3 is 6.03 Å². The SMILES string of the molecule is COc1ccccc1N1CCN(CCCCN(C(N)=O)c2cc3ccc(Cl)cn3n2)CC1. The summed E-state index contributed by atoms with van der Waals surface area (Å²) in [5.41, 5.74) is 7.64. The van der Waals surface area contributed by atoms with Gasteiger partial charge in [0.2, 0.25) is 0 Å². The highest BCUT2D eigenvalue weighted by Crippen LogP contribution is 2.28. The number of carbonyl (C=O) groups is 1. The van der Waals surface area contributed by atoms with Gasteiger partial charge in [0.1, 0.15) is 5.75 Å². The van der Waals surface area contributed by atoms with E-state index in [-0.39, 0.29) is 0 Å². The van der Waals surface area contributed by atoms with Crippen molar-refractivity contribution < 1.29 is 9.53 Å². The Hall–Kier alpha value is -2.97. The maximum Gasteiger partial charge on any atom is 0.320 e. The largest absolute Gasteiger partial charge is 0.495 e. The molecule has 0 saturated carbocycles. The lowest BCUT2D eigenvalue weighted by Gasteiger charge is -2.36. The van der Waals surface area contributed by atoms with E-state index in [0.717, 1.165) is 62.5 Å². The molecular formula is C23H29ClN6O2. The molecule has 0 bridgehead atoms. The Kier molecular flexibility index (Phi) is 7.02. The first-order valence-corrected chi connectivity index (χ1v) is 11.2. The summed E-state index contributed by atoms with van der Waals surface area (Å²) in [4.78, 5) is 18.4. The van der Waals surface area contributed by atoms with Crippen LogP contribution in [-0.4, -0.2) is 66.9 Å². The zero-order chi connectivity index (χ0) is 22.5. The zero-order valence-corrected chi connectivity index (χ0v) is 19.0. The van der Waals surface area contributed by atoms with E-state index < -0.39 is 6.03 Å². The van der Waals surface area contributed by atoms with Crippen molar-refractivity contribution in [1.82, 2.24) is 14.5 Å². The lowest BCUT2D eigenvalue weighted by Crippen LogP contribution is -2.46. The highest BCUT2D eigenvalue weighted by atomic mass is 35.5. The Bertz CT molecular complexity index is 1060. The van der Waals surface area contributed by atoms with Gasteiger partial charge in [0.15, 0.2) is 5.82 Å². The highest BCUT2D eigenvalue weighted by molar-refractivity contribution is 6.30. The smallest absolute Gasteiger partial charge is 0.320 e. The van der Waals surface area contributed by atoms with Crippen molar-refractivity contribution in [1.29, 1.82) is 0 Å². The Labute approximate surface area is 193 Å². The van der Waals surface area contributed by atoms with Gasteiger partial charge in [0.05, 0.1) is 23.3 Å². The number of ether oxygens (including phenoxy) is 1. The van der Waals surface area contributed by atoms with E-state index in [1.54, 1.807) is 23.9 Å². The molecule has 2 amide bonds. The van der Waals surface area contributed by atoms with Crippen LogP contribution in [0.3, 0.4) is 0 Å². The summed E-state index contributed by atoms with van der Waals surface area (Å²) in [6, 6.07) is 13.2. The van der Waals surface area contributed by atoms with Crippen LogP contribution in [0.1, 0.15) is 12.8 Å². The second kappa shape index (κ2) is 10.1. The molecule has 0 unspecified atom stereocenters. The van der Waals surface area contributed by atoms with Gasteiger partial charge in [-0.1, -0.05) is 23.7 Å². The number of hydrogen-bond acceptors (Lipinski definition) is 5. The zero-order valence-electron chi connectivity index (χ0n) is 18.3. The molecule has 32 heavy (non-hydrogen) atoms. The minimum atomic E-state index is -0.495. The van der Waals surface area contributed by atoms with Crippen molar-refractivity contribution in [3.8, 4) is 5.75 Å². The van der Waals surface area contributed by atoms with Crippen LogP contribution in [0.25, 0.3) is 5.52 Å². The molecule has 1 saturated heterocycles. The molecule has 0 spiro atoms. The molecule has 170 valence electrons. The number of aromatic nitrogens is 2. The standard InChI is InChI=1S/C23H29ClN6O2/c1-32-21-7-3-2-6-20(21)28-14-12-27(13-15-28)10-4-5-11-29(23(25)31)22-16-19-9-8-18(24)17-30(19)26-22/h2-3,6-9,16-17H,4-5,10-15H2,1H3,(H2,25,31). The fourth-order valence-corrected chi connectivity index (χ4v) is 4.28. The van der Waals surface area contributed by atoms with Crippen LogP contribution in [0.4, 0.5) is 16.3 Å². The minimum Gasteiger partial charge on any atom is -0.495 e. The number of nitrogens with two attached hydrogens (primary N) is 1. The number of methoxy groups -OCH3 is 1. The predicted molar refractivity (Wildman–Crippen MR) is 128 cm³/mol. The second-order valence-electron chi connectivity index (χ2n) is 7.92. The molecule has 9 heteroatoms. The Morgan fingerprint density at radius 1 is 1.16 bits per heavy atom. The lowest BCUT2D eigenvalue weighted by molar-refractivity contribution is 0.248. The fourth-order valence-electron chi connectivity index (χ4n) is 4.13. The van der Waals surface area contributed by atoms with Crippen LogP contribution in [0, 0.1) is 0 Å². The Balaban J connectivity index is 1.25. The number of urea groups is 1. The molecule has 1 fully saturated rings.